The first-order valence-corrected chi connectivity index (χ1v) is 11.9. The number of aryl methyl sites for hydroxylation is 1. The Bertz CT molecular complexity index is 965. The van der Waals surface area contributed by atoms with Crippen LogP contribution < -0.4 is 5.32 Å². The molecular formula is C23H30N2O5S. The summed E-state index contributed by atoms with van der Waals surface area (Å²) in [5, 5.41) is 3.27. The summed E-state index contributed by atoms with van der Waals surface area (Å²) in [5.41, 5.74) is 0.323. The molecule has 0 radical (unpaired) electrons. The van der Waals surface area contributed by atoms with E-state index in [1.807, 2.05) is 20.8 Å². The number of esters is 1. The highest BCUT2D eigenvalue weighted by molar-refractivity contribution is 7.17. The molecule has 3 amide bonds. The monoisotopic (exact) mass is 446 g/mol. The van der Waals surface area contributed by atoms with Crippen molar-refractivity contribution in [3.8, 4) is 0 Å². The third-order valence-electron chi connectivity index (χ3n) is 7.71. The second kappa shape index (κ2) is 7.73. The number of piperidine rings is 1. The summed E-state index contributed by atoms with van der Waals surface area (Å²) < 4.78 is 5.23. The second-order valence-electron chi connectivity index (χ2n) is 9.56. The van der Waals surface area contributed by atoms with Crippen LogP contribution in [0, 0.1) is 16.7 Å². The van der Waals surface area contributed by atoms with E-state index in [0.29, 0.717) is 23.4 Å². The van der Waals surface area contributed by atoms with Crippen molar-refractivity contribution in [2.24, 2.45) is 16.7 Å². The van der Waals surface area contributed by atoms with Crippen LogP contribution in [0.1, 0.15) is 74.2 Å². The number of imide groups is 1. The number of carbonyl (C=O) groups excluding carboxylic acids is 4. The summed E-state index contributed by atoms with van der Waals surface area (Å²) in [6, 6.07) is 0. The molecule has 2 aliphatic carbocycles. The molecular weight excluding hydrogens is 416 g/mol. The molecule has 1 aromatic rings. The highest BCUT2D eigenvalue weighted by Crippen LogP contribution is 2.60. The van der Waals surface area contributed by atoms with Gasteiger partial charge < -0.3 is 10.1 Å². The number of thiophene rings is 1. The maximum Gasteiger partial charge on any atom is 0.341 e. The number of nitrogens with zero attached hydrogens (tertiary/aromatic N) is 1. The summed E-state index contributed by atoms with van der Waals surface area (Å²) in [4.78, 5) is 53.9. The van der Waals surface area contributed by atoms with Crippen molar-refractivity contribution in [3.05, 3.63) is 16.0 Å². The van der Waals surface area contributed by atoms with Crippen molar-refractivity contribution >= 4 is 40.0 Å². The minimum Gasteiger partial charge on any atom is -0.462 e. The molecule has 1 aliphatic heterocycles. The van der Waals surface area contributed by atoms with Crippen LogP contribution >= 0.6 is 11.3 Å². The molecule has 3 aliphatic rings. The van der Waals surface area contributed by atoms with Gasteiger partial charge in [0.15, 0.2) is 0 Å². The lowest BCUT2D eigenvalue weighted by Crippen LogP contribution is -2.60. The van der Waals surface area contributed by atoms with Gasteiger partial charge in [-0.05, 0) is 56.4 Å². The Balaban J connectivity index is 1.56. The van der Waals surface area contributed by atoms with Gasteiger partial charge in [0.05, 0.1) is 17.6 Å². The summed E-state index contributed by atoms with van der Waals surface area (Å²) in [6.45, 7) is 7.52. The Hall–Kier alpha value is -2.22. The minimum atomic E-state index is -0.649. The van der Waals surface area contributed by atoms with E-state index in [9.17, 15) is 19.2 Å². The van der Waals surface area contributed by atoms with Gasteiger partial charge in [0, 0.05) is 10.8 Å². The summed E-state index contributed by atoms with van der Waals surface area (Å²) in [7, 11) is 0. The van der Waals surface area contributed by atoms with Crippen molar-refractivity contribution < 1.29 is 23.9 Å². The fraction of sp³-hybridized carbons (Fsp3) is 0.652. The van der Waals surface area contributed by atoms with Crippen LogP contribution in [-0.2, 0) is 32.0 Å². The third-order valence-corrected chi connectivity index (χ3v) is 8.92. The quantitative estimate of drug-likeness (QED) is 0.552. The molecule has 2 fully saturated rings. The van der Waals surface area contributed by atoms with Gasteiger partial charge in [-0.2, -0.15) is 0 Å². The molecule has 8 heteroatoms. The van der Waals surface area contributed by atoms with E-state index in [1.165, 1.54) is 11.3 Å². The molecule has 1 N–H and O–H groups in total. The van der Waals surface area contributed by atoms with E-state index in [4.69, 9.17) is 4.74 Å². The number of nitrogens with one attached hydrogen (secondary N) is 1. The van der Waals surface area contributed by atoms with Gasteiger partial charge in [0.1, 0.15) is 11.5 Å². The average molecular weight is 447 g/mol. The highest BCUT2D eigenvalue weighted by Gasteiger charge is 2.64. The normalized spacial score (nSPS) is 26.6. The van der Waals surface area contributed by atoms with E-state index in [2.05, 4.69) is 5.32 Å². The van der Waals surface area contributed by atoms with Crippen LogP contribution in [0.5, 0.6) is 0 Å². The predicted octanol–water partition coefficient (Wildman–Crippen LogP) is 3.55. The summed E-state index contributed by atoms with van der Waals surface area (Å²) >= 11 is 1.40. The Kier molecular flexibility index (Phi) is 5.48. The number of amides is 3. The van der Waals surface area contributed by atoms with E-state index >= 15 is 0 Å². The molecule has 31 heavy (non-hydrogen) atoms. The van der Waals surface area contributed by atoms with E-state index in [0.717, 1.165) is 41.0 Å². The molecule has 1 aromatic heterocycles. The lowest BCUT2D eigenvalue weighted by molar-refractivity contribution is -0.168. The molecule has 1 saturated carbocycles. The van der Waals surface area contributed by atoms with Gasteiger partial charge in [-0.15, -0.1) is 11.3 Å². The fourth-order valence-corrected chi connectivity index (χ4v) is 6.73. The lowest BCUT2D eigenvalue weighted by atomic mass is 9.62. The smallest absolute Gasteiger partial charge is 0.341 e. The van der Waals surface area contributed by atoms with Crippen LogP contribution in [0.15, 0.2) is 0 Å². The number of likely N-dealkylation sites (tertiary alicyclic amines) is 1. The minimum absolute atomic E-state index is 0.253. The Morgan fingerprint density at radius 3 is 2.61 bits per heavy atom. The van der Waals surface area contributed by atoms with Crippen LogP contribution in [0.3, 0.4) is 0 Å². The van der Waals surface area contributed by atoms with Crippen LogP contribution in [0.4, 0.5) is 5.00 Å². The highest BCUT2D eigenvalue weighted by atomic mass is 32.1. The number of anilines is 1. The summed E-state index contributed by atoms with van der Waals surface area (Å²) in [5.74, 6) is -1.70. The maximum absolute atomic E-state index is 13.2. The maximum atomic E-state index is 13.2. The molecule has 1 saturated heterocycles. The molecule has 4 rings (SSSR count). The van der Waals surface area contributed by atoms with Gasteiger partial charge in [-0.1, -0.05) is 20.8 Å². The molecule has 0 spiro atoms. The standard InChI is InChI=1S/C23H30N2O5S/c1-5-30-20(28)17-13-8-6-7-9-15(13)31-18(17)24-16(26)12-25-19(27)14-10-11-23(4,21(25)29)22(14,2)3/h14H,5-12H2,1-4H3,(H,24,26). The molecule has 2 unspecified atom stereocenters. The first kappa shape index (κ1) is 22.0. The number of carbonyl (C=O) groups is 4. The third kappa shape index (κ3) is 3.30. The Morgan fingerprint density at radius 1 is 1.19 bits per heavy atom. The molecule has 7 nitrogen and oxygen atoms in total. The second-order valence-corrected chi connectivity index (χ2v) is 10.7. The SMILES string of the molecule is CCOC(=O)c1c(NC(=O)CN2C(=O)C3CCC(C)(C2=O)C3(C)C)sc2c1CCCC2. The number of ether oxygens (including phenoxy) is 1. The number of rotatable bonds is 5. The van der Waals surface area contributed by atoms with Gasteiger partial charge in [-0.25, -0.2) is 4.79 Å². The van der Waals surface area contributed by atoms with Crippen molar-refractivity contribution in [2.75, 3.05) is 18.5 Å². The molecule has 2 heterocycles. The van der Waals surface area contributed by atoms with Crippen molar-refractivity contribution in [1.29, 1.82) is 0 Å². The zero-order valence-corrected chi connectivity index (χ0v) is 19.4. The summed E-state index contributed by atoms with van der Waals surface area (Å²) in [6.07, 6.45) is 5.02. The lowest BCUT2D eigenvalue weighted by Gasteiger charge is -2.47. The van der Waals surface area contributed by atoms with Crippen molar-refractivity contribution in [1.82, 2.24) is 4.90 Å². The first-order chi connectivity index (χ1) is 14.6. The molecule has 168 valence electrons. The average Bonchev–Trinajstić information content (AvgIpc) is 3.16. The van der Waals surface area contributed by atoms with Crippen LogP contribution in [-0.4, -0.2) is 41.7 Å². The number of hydrogen-bond donors (Lipinski definition) is 1. The topological polar surface area (TPSA) is 92.8 Å². The van der Waals surface area contributed by atoms with Crippen molar-refractivity contribution in [3.63, 3.8) is 0 Å². The zero-order valence-electron chi connectivity index (χ0n) is 18.6. The Labute approximate surface area is 186 Å². The predicted molar refractivity (Wildman–Crippen MR) is 117 cm³/mol. The van der Waals surface area contributed by atoms with Crippen LogP contribution in [0.2, 0.25) is 0 Å². The van der Waals surface area contributed by atoms with E-state index in [1.54, 1.807) is 6.92 Å². The number of hydrogen-bond acceptors (Lipinski definition) is 6. The van der Waals surface area contributed by atoms with Crippen LogP contribution in [0.25, 0.3) is 0 Å². The molecule has 2 atom stereocenters. The van der Waals surface area contributed by atoms with Crippen molar-refractivity contribution in [2.45, 2.75) is 66.2 Å². The molecule has 0 aromatic carbocycles. The number of fused-ring (bicyclic) bond motifs is 3. The fourth-order valence-electron chi connectivity index (χ4n) is 5.43. The molecule has 2 bridgehead atoms. The van der Waals surface area contributed by atoms with Gasteiger partial charge >= 0.3 is 5.97 Å². The van der Waals surface area contributed by atoms with E-state index < -0.39 is 22.7 Å². The van der Waals surface area contributed by atoms with Gasteiger partial charge in [0.2, 0.25) is 17.7 Å². The van der Waals surface area contributed by atoms with E-state index in [-0.39, 0.29) is 30.9 Å². The largest absolute Gasteiger partial charge is 0.462 e. The van der Waals surface area contributed by atoms with Gasteiger partial charge in [0.25, 0.3) is 0 Å². The Morgan fingerprint density at radius 2 is 1.90 bits per heavy atom. The first-order valence-electron chi connectivity index (χ1n) is 11.1. The van der Waals surface area contributed by atoms with Gasteiger partial charge in [-0.3, -0.25) is 19.3 Å². The zero-order chi connectivity index (χ0) is 22.6.